The summed E-state index contributed by atoms with van der Waals surface area (Å²) in [6.45, 7) is 7.49. The number of benzene rings is 2. The lowest BCUT2D eigenvalue weighted by molar-refractivity contribution is 0.103. The molecule has 0 amide bonds. The summed E-state index contributed by atoms with van der Waals surface area (Å²) in [4.78, 5) is 15.2. The van der Waals surface area contributed by atoms with E-state index in [1.165, 1.54) is 0 Å². The Hall–Kier alpha value is -2.53. The Morgan fingerprint density at radius 2 is 1.54 bits per heavy atom. The van der Waals surface area contributed by atoms with Gasteiger partial charge in [0.05, 0.1) is 19.8 Å². The van der Waals surface area contributed by atoms with E-state index in [4.69, 9.17) is 14.2 Å². The van der Waals surface area contributed by atoms with Crippen molar-refractivity contribution in [2.45, 2.75) is 13.8 Å². The van der Waals surface area contributed by atoms with Gasteiger partial charge in [-0.2, -0.15) is 0 Å². The fraction of sp³-hybridized carbons (Fsp3) is 0.381. The van der Waals surface area contributed by atoms with Gasteiger partial charge < -0.3 is 19.1 Å². The molecule has 0 aromatic heterocycles. The molecule has 5 heteroatoms. The Bertz CT molecular complexity index is 708. The van der Waals surface area contributed by atoms with Gasteiger partial charge in [0.1, 0.15) is 23.9 Å². The van der Waals surface area contributed by atoms with Crippen molar-refractivity contribution in [3.8, 4) is 17.2 Å². The van der Waals surface area contributed by atoms with Crippen LogP contribution in [0.1, 0.15) is 29.8 Å². The molecule has 0 aliphatic carbocycles. The standard InChI is InChI=1S/C21H27NO4/c1-5-22(6-2)13-14-26-20-15-18(25-4)11-12-19(20)21(23)16-7-9-17(24-3)10-8-16/h7-12,15H,5-6,13-14H2,1-4H3. The first kappa shape index (κ1) is 19.8. The first-order valence-corrected chi connectivity index (χ1v) is 8.84. The molecule has 2 rings (SSSR count). The second kappa shape index (κ2) is 9.82. The van der Waals surface area contributed by atoms with Crippen molar-refractivity contribution >= 4 is 5.78 Å². The van der Waals surface area contributed by atoms with Crippen molar-refractivity contribution in [1.29, 1.82) is 0 Å². The zero-order valence-electron chi connectivity index (χ0n) is 16.0. The number of methoxy groups -OCH3 is 2. The first-order chi connectivity index (χ1) is 12.6. The van der Waals surface area contributed by atoms with Gasteiger partial charge in [-0.1, -0.05) is 13.8 Å². The Morgan fingerprint density at radius 3 is 2.12 bits per heavy atom. The average molecular weight is 357 g/mol. The van der Waals surface area contributed by atoms with Crippen molar-refractivity contribution in [3.05, 3.63) is 53.6 Å². The van der Waals surface area contributed by atoms with Crippen LogP contribution in [0.15, 0.2) is 42.5 Å². The Morgan fingerprint density at radius 1 is 0.923 bits per heavy atom. The summed E-state index contributed by atoms with van der Waals surface area (Å²) >= 11 is 0. The number of hydrogen-bond donors (Lipinski definition) is 0. The average Bonchev–Trinajstić information content (AvgIpc) is 2.70. The number of carbonyl (C=O) groups excluding carboxylic acids is 1. The minimum atomic E-state index is -0.0897. The van der Waals surface area contributed by atoms with E-state index >= 15 is 0 Å². The zero-order valence-corrected chi connectivity index (χ0v) is 16.0. The second-order valence-electron chi connectivity index (χ2n) is 5.80. The summed E-state index contributed by atoms with van der Waals surface area (Å²) < 4.78 is 16.4. The van der Waals surface area contributed by atoms with E-state index in [2.05, 4.69) is 18.7 Å². The van der Waals surface area contributed by atoms with Crippen LogP contribution >= 0.6 is 0 Å². The number of rotatable bonds is 10. The number of ketones is 1. The maximum atomic E-state index is 12.9. The molecule has 0 spiro atoms. The largest absolute Gasteiger partial charge is 0.497 e. The van der Waals surface area contributed by atoms with E-state index in [1.54, 1.807) is 56.7 Å². The molecule has 140 valence electrons. The fourth-order valence-electron chi connectivity index (χ4n) is 2.66. The molecule has 5 nitrogen and oxygen atoms in total. The Balaban J connectivity index is 2.21. The summed E-state index contributed by atoms with van der Waals surface area (Å²) in [5.41, 5.74) is 1.11. The lowest BCUT2D eigenvalue weighted by Gasteiger charge is -2.19. The van der Waals surface area contributed by atoms with Gasteiger partial charge in [0, 0.05) is 18.2 Å². The summed E-state index contributed by atoms with van der Waals surface area (Å²) in [6.07, 6.45) is 0. The second-order valence-corrected chi connectivity index (χ2v) is 5.80. The van der Waals surface area contributed by atoms with Gasteiger partial charge in [0.15, 0.2) is 5.78 Å². The molecule has 0 bridgehead atoms. The summed E-state index contributed by atoms with van der Waals surface area (Å²) in [5.74, 6) is 1.83. The van der Waals surface area contributed by atoms with Crippen LogP contribution in [0.2, 0.25) is 0 Å². The third kappa shape index (κ3) is 4.99. The summed E-state index contributed by atoms with van der Waals surface area (Å²) in [5, 5.41) is 0. The van der Waals surface area contributed by atoms with Crippen LogP contribution in [0, 0.1) is 0 Å². The molecule has 26 heavy (non-hydrogen) atoms. The smallest absolute Gasteiger partial charge is 0.196 e. The SMILES string of the molecule is CCN(CC)CCOc1cc(OC)ccc1C(=O)c1ccc(OC)cc1. The molecule has 0 heterocycles. The highest BCUT2D eigenvalue weighted by molar-refractivity contribution is 6.10. The Kier molecular flexibility index (Phi) is 7.48. The number of likely N-dealkylation sites (N-methyl/N-ethyl adjacent to an activating group) is 1. The molecule has 0 radical (unpaired) electrons. The van der Waals surface area contributed by atoms with E-state index in [0.717, 1.165) is 19.6 Å². The third-order valence-electron chi connectivity index (χ3n) is 4.35. The van der Waals surface area contributed by atoms with Crippen molar-refractivity contribution in [1.82, 2.24) is 4.90 Å². The highest BCUT2D eigenvalue weighted by atomic mass is 16.5. The fourth-order valence-corrected chi connectivity index (χ4v) is 2.66. The maximum Gasteiger partial charge on any atom is 0.196 e. The lowest BCUT2D eigenvalue weighted by atomic mass is 10.0. The number of nitrogens with zero attached hydrogens (tertiary/aromatic N) is 1. The number of hydrogen-bond acceptors (Lipinski definition) is 5. The van der Waals surface area contributed by atoms with Gasteiger partial charge in [0.25, 0.3) is 0 Å². The van der Waals surface area contributed by atoms with Crippen LogP contribution in [0.5, 0.6) is 17.2 Å². The van der Waals surface area contributed by atoms with E-state index in [-0.39, 0.29) is 5.78 Å². The summed E-state index contributed by atoms with van der Waals surface area (Å²) in [6, 6.07) is 12.3. The minimum Gasteiger partial charge on any atom is -0.497 e. The summed E-state index contributed by atoms with van der Waals surface area (Å²) in [7, 11) is 3.20. The van der Waals surface area contributed by atoms with Crippen LogP contribution < -0.4 is 14.2 Å². The molecule has 0 fully saturated rings. The predicted molar refractivity (Wildman–Crippen MR) is 103 cm³/mol. The molecule has 0 aliphatic rings. The van der Waals surface area contributed by atoms with E-state index in [1.807, 2.05) is 0 Å². The molecule has 0 unspecified atom stereocenters. The molecule has 0 saturated carbocycles. The van der Waals surface area contributed by atoms with Gasteiger partial charge in [-0.15, -0.1) is 0 Å². The van der Waals surface area contributed by atoms with Gasteiger partial charge in [0.2, 0.25) is 0 Å². The van der Waals surface area contributed by atoms with Crippen molar-refractivity contribution in [3.63, 3.8) is 0 Å². The normalized spacial score (nSPS) is 10.7. The molecule has 0 aliphatic heterocycles. The quantitative estimate of drug-likeness (QED) is 0.608. The molecular formula is C21H27NO4. The van der Waals surface area contributed by atoms with Crippen LogP contribution in [-0.2, 0) is 0 Å². The van der Waals surface area contributed by atoms with Gasteiger partial charge in [-0.25, -0.2) is 0 Å². The predicted octanol–water partition coefficient (Wildman–Crippen LogP) is 3.66. The lowest BCUT2D eigenvalue weighted by Crippen LogP contribution is -2.28. The topological polar surface area (TPSA) is 48.0 Å². The van der Waals surface area contributed by atoms with E-state index < -0.39 is 0 Å². The molecule has 0 atom stereocenters. The molecule has 2 aromatic rings. The number of carbonyl (C=O) groups is 1. The van der Waals surface area contributed by atoms with E-state index in [9.17, 15) is 4.79 Å². The third-order valence-corrected chi connectivity index (χ3v) is 4.35. The zero-order chi connectivity index (χ0) is 18.9. The highest BCUT2D eigenvalue weighted by Crippen LogP contribution is 2.27. The van der Waals surface area contributed by atoms with Crippen molar-refractivity contribution in [2.24, 2.45) is 0 Å². The van der Waals surface area contributed by atoms with Crippen molar-refractivity contribution in [2.75, 3.05) is 40.5 Å². The van der Waals surface area contributed by atoms with Gasteiger partial charge in [-0.05, 0) is 49.5 Å². The van der Waals surface area contributed by atoms with Crippen molar-refractivity contribution < 1.29 is 19.0 Å². The van der Waals surface area contributed by atoms with E-state index in [0.29, 0.717) is 35.0 Å². The molecule has 2 aromatic carbocycles. The highest BCUT2D eigenvalue weighted by Gasteiger charge is 2.16. The van der Waals surface area contributed by atoms with Crippen LogP contribution in [0.3, 0.4) is 0 Å². The van der Waals surface area contributed by atoms with Gasteiger partial charge in [-0.3, -0.25) is 4.79 Å². The van der Waals surface area contributed by atoms with Crippen LogP contribution in [0.25, 0.3) is 0 Å². The van der Waals surface area contributed by atoms with Gasteiger partial charge >= 0.3 is 0 Å². The Labute approximate surface area is 155 Å². The minimum absolute atomic E-state index is 0.0897. The first-order valence-electron chi connectivity index (χ1n) is 8.84. The molecule has 0 saturated heterocycles. The molecule has 0 N–H and O–H groups in total. The van der Waals surface area contributed by atoms with Crippen LogP contribution in [0.4, 0.5) is 0 Å². The monoisotopic (exact) mass is 357 g/mol. The number of ether oxygens (including phenoxy) is 3. The van der Waals surface area contributed by atoms with Crippen LogP contribution in [-0.4, -0.2) is 51.1 Å². The molecular weight excluding hydrogens is 330 g/mol. The maximum absolute atomic E-state index is 12.9.